The highest BCUT2D eigenvalue weighted by Crippen LogP contribution is 2.34. The third kappa shape index (κ3) is 4.58. The van der Waals surface area contributed by atoms with Crippen LogP contribution in [0.4, 0.5) is 0 Å². The normalized spacial score (nSPS) is 17.7. The van der Waals surface area contributed by atoms with Gasteiger partial charge in [-0.3, -0.25) is 4.79 Å². The first-order valence-electron chi connectivity index (χ1n) is 11.0. The molecule has 0 aliphatic carbocycles. The predicted octanol–water partition coefficient (Wildman–Crippen LogP) is 3.60. The zero-order valence-electron chi connectivity index (χ0n) is 19.1. The van der Waals surface area contributed by atoms with Gasteiger partial charge in [0.1, 0.15) is 30.0 Å². The Kier molecular flexibility index (Phi) is 6.11. The lowest BCUT2D eigenvalue weighted by Gasteiger charge is -2.32. The number of aliphatic hydroxyl groups excluding tert-OH is 1. The highest BCUT2D eigenvalue weighted by molar-refractivity contribution is 5.81. The molecule has 0 unspecified atom stereocenters. The summed E-state index contributed by atoms with van der Waals surface area (Å²) in [7, 11) is 1.62. The van der Waals surface area contributed by atoms with Crippen molar-refractivity contribution in [2.24, 2.45) is 0 Å². The lowest BCUT2D eigenvalue weighted by atomic mass is 10.1. The Labute approximate surface area is 188 Å². The maximum atomic E-state index is 12.7. The largest absolute Gasteiger partial charge is 0.497 e. The van der Waals surface area contributed by atoms with Crippen molar-refractivity contribution in [3.05, 3.63) is 54.4 Å². The van der Waals surface area contributed by atoms with E-state index in [1.165, 1.54) is 0 Å². The number of aliphatic hydroxyl groups is 1. The number of ether oxygens (including phenoxy) is 2. The molecule has 0 radical (unpaired) electrons. The van der Waals surface area contributed by atoms with Gasteiger partial charge in [0.25, 0.3) is 0 Å². The van der Waals surface area contributed by atoms with Crippen LogP contribution in [0.5, 0.6) is 11.5 Å². The van der Waals surface area contributed by atoms with E-state index in [0.29, 0.717) is 25.3 Å². The molecule has 0 saturated carbocycles. The minimum Gasteiger partial charge on any atom is -0.497 e. The monoisotopic (exact) mass is 437 g/mol. The molecule has 2 atom stereocenters. The average molecular weight is 438 g/mol. The number of carbonyl (C=O) groups is 1. The van der Waals surface area contributed by atoms with Crippen molar-refractivity contribution < 1.29 is 19.4 Å². The van der Waals surface area contributed by atoms with E-state index in [1.807, 2.05) is 58.0 Å². The molecule has 1 amide bonds. The lowest BCUT2D eigenvalue weighted by molar-refractivity contribution is -0.131. The molecule has 1 aliphatic heterocycles. The van der Waals surface area contributed by atoms with Gasteiger partial charge in [-0.15, -0.1) is 0 Å². The van der Waals surface area contributed by atoms with Crippen LogP contribution in [0.25, 0.3) is 11.0 Å². The first kappa shape index (κ1) is 22.1. The molecular formula is C25H31N3O4. The Morgan fingerprint density at radius 2 is 1.81 bits per heavy atom. The van der Waals surface area contributed by atoms with Gasteiger partial charge in [-0.2, -0.15) is 0 Å². The maximum Gasteiger partial charge on any atom is 0.223 e. The fourth-order valence-corrected chi connectivity index (χ4v) is 4.25. The van der Waals surface area contributed by atoms with Crippen molar-refractivity contribution in [2.75, 3.05) is 20.3 Å². The molecule has 7 nitrogen and oxygen atoms in total. The van der Waals surface area contributed by atoms with Crippen LogP contribution in [0.1, 0.15) is 38.9 Å². The predicted molar refractivity (Wildman–Crippen MR) is 123 cm³/mol. The number of methoxy groups -OCH3 is 1. The topological polar surface area (TPSA) is 76.8 Å². The Bertz CT molecular complexity index is 1080. The number of carbonyl (C=O) groups excluding carboxylic acids is 1. The van der Waals surface area contributed by atoms with Crippen LogP contribution in [0.15, 0.2) is 48.5 Å². The van der Waals surface area contributed by atoms with Crippen molar-refractivity contribution >= 4 is 16.9 Å². The number of hydrogen-bond donors (Lipinski definition) is 1. The van der Waals surface area contributed by atoms with Crippen LogP contribution in [0, 0.1) is 0 Å². The highest BCUT2D eigenvalue weighted by Gasteiger charge is 2.39. The summed E-state index contributed by atoms with van der Waals surface area (Å²) in [6.45, 7) is 7.27. The van der Waals surface area contributed by atoms with Gasteiger partial charge in [0.15, 0.2) is 0 Å². The quantitative estimate of drug-likeness (QED) is 0.611. The molecule has 1 N–H and O–H groups in total. The molecule has 2 aromatic carbocycles. The Morgan fingerprint density at radius 3 is 2.47 bits per heavy atom. The second kappa shape index (κ2) is 8.82. The standard InChI is InChI=1S/C25H31N3O4/c1-25(2,3)28-14-17(13-23(28)30)24-26-21-7-5-6-8-22(21)27(24)15-18(29)16-32-20-11-9-19(31-4)10-12-20/h5-12,17-18,29H,13-16H2,1-4H3/t17-,18+/m1/s1. The summed E-state index contributed by atoms with van der Waals surface area (Å²) < 4.78 is 13.0. The van der Waals surface area contributed by atoms with Crippen LogP contribution in [-0.4, -0.2) is 57.4 Å². The second-order valence-corrected chi connectivity index (χ2v) is 9.29. The molecule has 3 aromatic rings. The number of fused-ring (bicyclic) bond motifs is 1. The van der Waals surface area contributed by atoms with E-state index in [9.17, 15) is 9.90 Å². The lowest BCUT2D eigenvalue weighted by Crippen LogP contribution is -2.42. The van der Waals surface area contributed by atoms with Gasteiger partial charge in [-0.05, 0) is 57.2 Å². The molecule has 170 valence electrons. The Balaban J connectivity index is 1.53. The van der Waals surface area contributed by atoms with E-state index in [4.69, 9.17) is 14.5 Å². The number of likely N-dealkylation sites (tertiary alicyclic amines) is 1. The van der Waals surface area contributed by atoms with E-state index < -0.39 is 6.10 Å². The van der Waals surface area contributed by atoms with Crippen molar-refractivity contribution in [2.45, 2.75) is 51.3 Å². The molecule has 1 fully saturated rings. The number of imidazole rings is 1. The third-order valence-corrected chi connectivity index (χ3v) is 5.88. The third-order valence-electron chi connectivity index (χ3n) is 5.88. The van der Waals surface area contributed by atoms with Crippen LogP contribution >= 0.6 is 0 Å². The van der Waals surface area contributed by atoms with Gasteiger partial charge in [0.05, 0.1) is 24.7 Å². The molecule has 0 spiro atoms. The number of nitrogens with zero attached hydrogens (tertiary/aromatic N) is 3. The first-order valence-corrected chi connectivity index (χ1v) is 11.0. The van der Waals surface area contributed by atoms with Crippen molar-refractivity contribution in [3.63, 3.8) is 0 Å². The molecule has 32 heavy (non-hydrogen) atoms. The number of hydrogen-bond acceptors (Lipinski definition) is 5. The summed E-state index contributed by atoms with van der Waals surface area (Å²) in [6.07, 6.45) is -0.303. The van der Waals surface area contributed by atoms with Crippen molar-refractivity contribution in [3.8, 4) is 11.5 Å². The number of aromatic nitrogens is 2. The molecular weight excluding hydrogens is 406 g/mol. The fraction of sp³-hybridized carbons (Fsp3) is 0.440. The van der Waals surface area contributed by atoms with Gasteiger partial charge in [0, 0.05) is 24.4 Å². The van der Waals surface area contributed by atoms with Crippen LogP contribution in [0.3, 0.4) is 0 Å². The van der Waals surface area contributed by atoms with Gasteiger partial charge < -0.3 is 24.0 Å². The van der Waals surface area contributed by atoms with Gasteiger partial charge >= 0.3 is 0 Å². The van der Waals surface area contributed by atoms with E-state index in [2.05, 4.69) is 20.8 Å². The number of para-hydroxylation sites is 2. The van der Waals surface area contributed by atoms with Gasteiger partial charge in [-0.1, -0.05) is 12.1 Å². The SMILES string of the molecule is COc1ccc(OC[C@@H](O)Cn2c([C@@H]3CC(=O)N(C(C)(C)C)C3)nc3ccccc32)cc1. The van der Waals surface area contributed by atoms with Crippen molar-refractivity contribution in [1.82, 2.24) is 14.5 Å². The molecule has 2 heterocycles. The summed E-state index contributed by atoms with van der Waals surface area (Å²) in [5.74, 6) is 2.40. The van der Waals surface area contributed by atoms with E-state index >= 15 is 0 Å². The summed E-state index contributed by atoms with van der Waals surface area (Å²) in [5.41, 5.74) is 1.59. The minimum absolute atomic E-state index is 0.0103. The van der Waals surface area contributed by atoms with Crippen molar-refractivity contribution in [1.29, 1.82) is 0 Å². The van der Waals surface area contributed by atoms with E-state index in [0.717, 1.165) is 22.6 Å². The molecule has 1 saturated heterocycles. The summed E-state index contributed by atoms with van der Waals surface area (Å²) in [6, 6.07) is 15.2. The highest BCUT2D eigenvalue weighted by atomic mass is 16.5. The van der Waals surface area contributed by atoms with Crippen LogP contribution in [-0.2, 0) is 11.3 Å². The minimum atomic E-state index is -0.732. The number of benzene rings is 2. The van der Waals surface area contributed by atoms with Crippen LogP contribution in [0.2, 0.25) is 0 Å². The van der Waals surface area contributed by atoms with Gasteiger partial charge in [0.2, 0.25) is 5.91 Å². The van der Waals surface area contributed by atoms with E-state index in [-0.39, 0.29) is 24.0 Å². The molecule has 1 aromatic heterocycles. The smallest absolute Gasteiger partial charge is 0.223 e. The summed E-state index contributed by atoms with van der Waals surface area (Å²) in [5, 5.41) is 10.8. The first-order chi connectivity index (χ1) is 15.3. The van der Waals surface area contributed by atoms with Gasteiger partial charge in [-0.25, -0.2) is 4.98 Å². The maximum absolute atomic E-state index is 12.7. The Hall–Kier alpha value is -3.06. The molecule has 4 rings (SSSR count). The number of amides is 1. The fourth-order valence-electron chi connectivity index (χ4n) is 4.25. The number of rotatable bonds is 7. The zero-order valence-corrected chi connectivity index (χ0v) is 19.1. The second-order valence-electron chi connectivity index (χ2n) is 9.29. The zero-order chi connectivity index (χ0) is 22.9. The summed E-state index contributed by atoms with van der Waals surface area (Å²) >= 11 is 0. The molecule has 7 heteroatoms. The average Bonchev–Trinajstić information content (AvgIpc) is 3.33. The molecule has 0 bridgehead atoms. The van der Waals surface area contributed by atoms with E-state index in [1.54, 1.807) is 7.11 Å². The summed E-state index contributed by atoms with van der Waals surface area (Å²) in [4.78, 5) is 19.4. The molecule has 1 aliphatic rings. The van der Waals surface area contributed by atoms with Crippen LogP contribution < -0.4 is 9.47 Å². The Morgan fingerprint density at radius 1 is 1.12 bits per heavy atom.